The first-order valence-corrected chi connectivity index (χ1v) is 7.71. The second-order valence-electron chi connectivity index (χ2n) is 6.13. The van der Waals surface area contributed by atoms with Crippen molar-refractivity contribution < 1.29 is 9.90 Å². The van der Waals surface area contributed by atoms with E-state index in [9.17, 15) is 4.79 Å². The molecule has 0 aromatic carbocycles. The van der Waals surface area contributed by atoms with Crippen molar-refractivity contribution in [2.24, 2.45) is 5.92 Å². The van der Waals surface area contributed by atoms with Crippen LogP contribution in [-0.2, 0) is 4.79 Å². The fourth-order valence-electron chi connectivity index (χ4n) is 2.82. The van der Waals surface area contributed by atoms with Crippen molar-refractivity contribution in [2.45, 2.75) is 52.5 Å². The molecule has 19 heavy (non-hydrogen) atoms. The van der Waals surface area contributed by atoms with Gasteiger partial charge in [-0.05, 0) is 25.3 Å². The molecule has 4 nitrogen and oxygen atoms in total. The average molecular weight is 270 g/mol. The Bertz CT molecular complexity index is 269. The summed E-state index contributed by atoms with van der Waals surface area (Å²) in [5, 5.41) is 8.89. The van der Waals surface area contributed by atoms with Crippen LogP contribution < -0.4 is 0 Å². The summed E-state index contributed by atoms with van der Waals surface area (Å²) in [5.74, 6) is -0.0234. The molecular weight excluding hydrogens is 240 g/mol. The second-order valence-corrected chi connectivity index (χ2v) is 6.13. The summed E-state index contributed by atoms with van der Waals surface area (Å²) >= 11 is 0. The molecule has 0 aliphatic carbocycles. The van der Waals surface area contributed by atoms with Crippen LogP contribution in [0.3, 0.4) is 0 Å². The van der Waals surface area contributed by atoms with E-state index in [4.69, 9.17) is 5.11 Å². The van der Waals surface area contributed by atoms with E-state index in [1.54, 1.807) is 0 Å². The summed E-state index contributed by atoms with van der Waals surface area (Å²) in [5.41, 5.74) is 0. The lowest BCUT2D eigenvalue weighted by atomic mass is 10.0. The number of nitrogens with zero attached hydrogens (tertiary/aromatic N) is 2. The van der Waals surface area contributed by atoms with Crippen molar-refractivity contribution in [3.63, 3.8) is 0 Å². The average Bonchev–Trinajstić information content (AvgIpc) is 2.35. The van der Waals surface area contributed by atoms with Gasteiger partial charge >= 0.3 is 5.97 Å². The van der Waals surface area contributed by atoms with E-state index < -0.39 is 5.97 Å². The van der Waals surface area contributed by atoms with Crippen LogP contribution in [0.15, 0.2) is 0 Å². The van der Waals surface area contributed by atoms with Crippen LogP contribution >= 0.6 is 0 Å². The molecule has 1 aliphatic heterocycles. The van der Waals surface area contributed by atoms with E-state index in [0.29, 0.717) is 18.4 Å². The first kappa shape index (κ1) is 16.4. The molecule has 1 heterocycles. The van der Waals surface area contributed by atoms with E-state index in [2.05, 4.69) is 30.6 Å². The van der Waals surface area contributed by atoms with Crippen LogP contribution in [0.4, 0.5) is 0 Å². The number of carbonyl (C=O) groups is 1. The molecule has 0 saturated carbocycles. The predicted molar refractivity (Wildman–Crippen MR) is 78.4 cm³/mol. The Labute approximate surface area is 117 Å². The van der Waals surface area contributed by atoms with Gasteiger partial charge in [0.15, 0.2) is 0 Å². The monoisotopic (exact) mass is 270 g/mol. The molecule has 0 unspecified atom stereocenters. The maximum absolute atomic E-state index is 10.8. The van der Waals surface area contributed by atoms with Crippen LogP contribution in [0.1, 0.15) is 46.5 Å². The molecule has 1 aliphatic rings. The van der Waals surface area contributed by atoms with Gasteiger partial charge < -0.3 is 10.0 Å². The number of hydrogen-bond acceptors (Lipinski definition) is 3. The summed E-state index contributed by atoms with van der Waals surface area (Å²) in [6.07, 6.45) is 3.55. The van der Waals surface area contributed by atoms with Crippen molar-refractivity contribution in [1.82, 2.24) is 9.80 Å². The standard InChI is InChI=1S/C15H30N2O2/c1-4-5-8-16-9-10-17(11-13(2)3)14(12-16)6-7-15(18)19/h13-14H,4-12H2,1-3H3,(H,18,19)/t14-/m1/s1. The third-order valence-corrected chi connectivity index (χ3v) is 3.81. The number of rotatable bonds is 8. The Balaban J connectivity index is 2.49. The minimum Gasteiger partial charge on any atom is -0.481 e. The molecular formula is C15H30N2O2. The summed E-state index contributed by atoms with van der Waals surface area (Å²) < 4.78 is 0. The molecule has 1 rings (SSSR count). The van der Waals surface area contributed by atoms with E-state index in [-0.39, 0.29) is 0 Å². The highest BCUT2D eigenvalue weighted by atomic mass is 16.4. The minimum absolute atomic E-state index is 0.293. The fraction of sp³-hybridized carbons (Fsp3) is 0.933. The Hall–Kier alpha value is -0.610. The van der Waals surface area contributed by atoms with Gasteiger partial charge in [0, 0.05) is 38.6 Å². The van der Waals surface area contributed by atoms with Gasteiger partial charge in [0.1, 0.15) is 0 Å². The zero-order chi connectivity index (χ0) is 14.3. The van der Waals surface area contributed by atoms with Gasteiger partial charge in [-0.3, -0.25) is 9.69 Å². The predicted octanol–water partition coefficient (Wildman–Crippen LogP) is 2.29. The first-order chi connectivity index (χ1) is 9.02. The Morgan fingerprint density at radius 1 is 1.37 bits per heavy atom. The van der Waals surface area contributed by atoms with E-state index >= 15 is 0 Å². The zero-order valence-corrected chi connectivity index (χ0v) is 12.8. The van der Waals surface area contributed by atoms with Gasteiger partial charge in [0.2, 0.25) is 0 Å². The normalized spacial score (nSPS) is 22.0. The summed E-state index contributed by atoms with van der Waals surface area (Å²) in [4.78, 5) is 15.8. The fourth-order valence-corrected chi connectivity index (χ4v) is 2.82. The SMILES string of the molecule is CCCCN1CCN(CC(C)C)[C@H](CCC(=O)O)C1. The molecule has 1 atom stereocenters. The zero-order valence-electron chi connectivity index (χ0n) is 12.8. The lowest BCUT2D eigenvalue weighted by Gasteiger charge is -2.42. The van der Waals surface area contributed by atoms with Gasteiger partial charge in [-0.2, -0.15) is 0 Å². The Kier molecular flexibility index (Phi) is 7.39. The molecule has 0 aromatic heterocycles. The van der Waals surface area contributed by atoms with Crippen molar-refractivity contribution in [1.29, 1.82) is 0 Å². The molecule has 1 saturated heterocycles. The van der Waals surface area contributed by atoms with Crippen molar-refractivity contribution in [3.8, 4) is 0 Å². The number of carboxylic acid groups (broad SMARTS) is 1. The van der Waals surface area contributed by atoms with Gasteiger partial charge in [-0.25, -0.2) is 0 Å². The summed E-state index contributed by atoms with van der Waals surface area (Å²) in [7, 11) is 0. The number of piperazine rings is 1. The van der Waals surface area contributed by atoms with Gasteiger partial charge in [-0.15, -0.1) is 0 Å². The lowest BCUT2D eigenvalue weighted by molar-refractivity contribution is -0.137. The molecule has 4 heteroatoms. The number of carboxylic acids is 1. The highest BCUT2D eigenvalue weighted by Gasteiger charge is 2.27. The minimum atomic E-state index is -0.671. The van der Waals surface area contributed by atoms with E-state index in [1.165, 1.54) is 12.8 Å². The largest absolute Gasteiger partial charge is 0.481 e. The molecule has 1 fully saturated rings. The Morgan fingerprint density at radius 3 is 2.68 bits per heavy atom. The summed E-state index contributed by atoms with van der Waals surface area (Å²) in [6, 6.07) is 0.420. The molecule has 112 valence electrons. The quantitative estimate of drug-likeness (QED) is 0.735. The van der Waals surface area contributed by atoms with Crippen LogP contribution in [0, 0.1) is 5.92 Å². The molecule has 0 aromatic rings. The number of aliphatic carboxylic acids is 1. The van der Waals surface area contributed by atoms with Crippen LogP contribution in [-0.4, -0.2) is 59.6 Å². The highest BCUT2D eigenvalue weighted by molar-refractivity contribution is 5.66. The number of hydrogen-bond donors (Lipinski definition) is 1. The maximum Gasteiger partial charge on any atom is 0.303 e. The molecule has 0 bridgehead atoms. The number of unbranched alkanes of at least 4 members (excludes halogenated alkanes) is 1. The van der Waals surface area contributed by atoms with Crippen molar-refractivity contribution >= 4 is 5.97 Å². The summed E-state index contributed by atoms with van der Waals surface area (Å²) in [6.45, 7) is 12.2. The third-order valence-electron chi connectivity index (χ3n) is 3.81. The van der Waals surface area contributed by atoms with Crippen LogP contribution in [0.2, 0.25) is 0 Å². The van der Waals surface area contributed by atoms with Crippen molar-refractivity contribution in [3.05, 3.63) is 0 Å². The molecule has 1 N–H and O–H groups in total. The van der Waals surface area contributed by atoms with Gasteiger partial charge in [0.25, 0.3) is 0 Å². The topological polar surface area (TPSA) is 43.8 Å². The molecule has 0 radical (unpaired) electrons. The van der Waals surface area contributed by atoms with Crippen LogP contribution in [0.25, 0.3) is 0 Å². The first-order valence-electron chi connectivity index (χ1n) is 7.71. The second kappa shape index (κ2) is 8.54. The van der Waals surface area contributed by atoms with Gasteiger partial charge in [-0.1, -0.05) is 27.2 Å². The molecule has 0 amide bonds. The van der Waals surface area contributed by atoms with Gasteiger partial charge in [0.05, 0.1) is 0 Å². The smallest absolute Gasteiger partial charge is 0.303 e. The molecule has 0 spiro atoms. The highest BCUT2D eigenvalue weighted by Crippen LogP contribution is 2.17. The lowest BCUT2D eigenvalue weighted by Crippen LogP contribution is -2.54. The van der Waals surface area contributed by atoms with Crippen molar-refractivity contribution in [2.75, 3.05) is 32.7 Å². The van der Waals surface area contributed by atoms with E-state index in [0.717, 1.165) is 39.1 Å². The third kappa shape index (κ3) is 6.39. The Morgan fingerprint density at radius 2 is 2.11 bits per heavy atom. The van der Waals surface area contributed by atoms with Crippen LogP contribution in [0.5, 0.6) is 0 Å². The maximum atomic E-state index is 10.8. The van der Waals surface area contributed by atoms with E-state index in [1.807, 2.05) is 0 Å².